The second-order valence-corrected chi connectivity index (χ2v) is 7.57. The summed E-state index contributed by atoms with van der Waals surface area (Å²) in [5.41, 5.74) is 8.72. The minimum absolute atomic E-state index is 0.150. The smallest absolute Gasteiger partial charge is 0.0738 e. The number of piperidine rings is 1. The molecule has 1 aliphatic rings. The predicted molar refractivity (Wildman–Crippen MR) is 122 cm³/mol. The molecular formula is C24H32N4. The zero-order valence-electron chi connectivity index (χ0n) is 16.8. The van der Waals surface area contributed by atoms with Gasteiger partial charge in [0, 0.05) is 32.9 Å². The third kappa shape index (κ3) is 4.12. The summed E-state index contributed by atoms with van der Waals surface area (Å²) < 4.78 is 2.23. The summed E-state index contributed by atoms with van der Waals surface area (Å²) in [4.78, 5) is 4.65. The van der Waals surface area contributed by atoms with E-state index in [-0.39, 0.29) is 6.04 Å². The van der Waals surface area contributed by atoms with Crippen molar-refractivity contribution in [2.45, 2.75) is 51.1 Å². The van der Waals surface area contributed by atoms with E-state index in [0.29, 0.717) is 6.54 Å². The molecule has 1 saturated heterocycles. The maximum Gasteiger partial charge on any atom is 0.0738 e. The summed E-state index contributed by atoms with van der Waals surface area (Å²) in [6, 6.07) is 6.50. The van der Waals surface area contributed by atoms with Crippen molar-refractivity contribution in [3.63, 3.8) is 0 Å². The molecule has 2 heterocycles. The van der Waals surface area contributed by atoms with Gasteiger partial charge in [0.05, 0.1) is 12.6 Å². The monoisotopic (exact) mass is 376 g/mol. The standard InChI is InChI=1S/C24H32N4/c1-17-12-13-23(18(2)27-17)28-19(3)22-11-9-10-21(24(22)20(28)4)16-26-15-8-6-5-7-14-25/h9-11,15,23,27H,1-8,12-14,16,25H2. The zero-order valence-corrected chi connectivity index (χ0v) is 16.8. The van der Waals surface area contributed by atoms with Gasteiger partial charge in [-0.05, 0) is 50.4 Å². The fraction of sp³-hybridized carbons (Fsp3) is 0.375. The van der Waals surface area contributed by atoms with Crippen LogP contribution in [0.15, 0.2) is 47.7 Å². The highest BCUT2D eigenvalue weighted by molar-refractivity contribution is 5.87. The first kappa shape index (κ1) is 20.2. The van der Waals surface area contributed by atoms with E-state index in [4.69, 9.17) is 5.73 Å². The van der Waals surface area contributed by atoms with Crippen molar-refractivity contribution in [3.05, 3.63) is 59.0 Å². The molecule has 1 fully saturated rings. The summed E-state index contributed by atoms with van der Waals surface area (Å²) in [6.45, 7) is 18.4. The van der Waals surface area contributed by atoms with Crippen molar-refractivity contribution < 1.29 is 0 Å². The Kier molecular flexibility index (Phi) is 6.53. The van der Waals surface area contributed by atoms with Gasteiger partial charge in [-0.1, -0.05) is 50.9 Å². The van der Waals surface area contributed by atoms with Gasteiger partial charge in [-0.2, -0.15) is 0 Å². The molecule has 0 bridgehead atoms. The van der Waals surface area contributed by atoms with Crippen LogP contribution in [0.3, 0.4) is 0 Å². The molecule has 0 saturated carbocycles. The third-order valence-electron chi connectivity index (χ3n) is 5.53. The van der Waals surface area contributed by atoms with Crippen molar-refractivity contribution in [1.29, 1.82) is 0 Å². The number of rotatable bonds is 8. The number of nitrogens with one attached hydrogen (secondary N) is 1. The lowest BCUT2D eigenvalue weighted by Gasteiger charge is -2.29. The third-order valence-corrected chi connectivity index (χ3v) is 5.53. The van der Waals surface area contributed by atoms with Crippen molar-refractivity contribution in [2.24, 2.45) is 10.7 Å². The van der Waals surface area contributed by atoms with Gasteiger partial charge in [0.2, 0.25) is 0 Å². The Balaban J connectivity index is 1.85. The number of hydrogen-bond acceptors (Lipinski definition) is 3. The fourth-order valence-electron chi connectivity index (χ4n) is 4.06. The molecule has 1 aliphatic heterocycles. The molecule has 1 aromatic heterocycles. The second kappa shape index (κ2) is 9.07. The molecule has 0 amide bonds. The SMILES string of the molecule is C=C1CCC(n2c(=C)c3cccc(CN=CCCCCCN)c3c2=C)C(=C)N1. The maximum atomic E-state index is 5.54. The van der Waals surface area contributed by atoms with Gasteiger partial charge >= 0.3 is 0 Å². The highest BCUT2D eigenvalue weighted by Crippen LogP contribution is 2.27. The van der Waals surface area contributed by atoms with Crippen LogP contribution in [0.5, 0.6) is 0 Å². The van der Waals surface area contributed by atoms with Gasteiger partial charge in [0.1, 0.15) is 0 Å². The molecule has 0 aliphatic carbocycles. The van der Waals surface area contributed by atoms with Gasteiger partial charge < -0.3 is 15.6 Å². The van der Waals surface area contributed by atoms with E-state index >= 15 is 0 Å². The zero-order chi connectivity index (χ0) is 20.1. The van der Waals surface area contributed by atoms with E-state index < -0.39 is 0 Å². The number of fused-ring (bicyclic) bond motifs is 1. The van der Waals surface area contributed by atoms with Gasteiger partial charge in [-0.3, -0.25) is 4.99 Å². The Morgan fingerprint density at radius 3 is 2.71 bits per heavy atom. The molecule has 0 radical (unpaired) electrons. The molecule has 1 aromatic carbocycles. The van der Waals surface area contributed by atoms with Crippen molar-refractivity contribution in [1.82, 2.24) is 9.88 Å². The minimum atomic E-state index is 0.150. The fourth-order valence-corrected chi connectivity index (χ4v) is 4.06. The topological polar surface area (TPSA) is 55.3 Å². The number of allylic oxidation sites excluding steroid dienone is 2. The van der Waals surface area contributed by atoms with Gasteiger partial charge in [0.25, 0.3) is 0 Å². The second-order valence-electron chi connectivity index (χ2n) is 7.57. The van der Waals surface area contributed by atoms with Gasteiger partial charge in [0.15, 0.2) is 0 Å². The molecule has 28 heavy (non-hydrogen) atoms. The molecule has 1 atom stereocenters. The Morgan fingerprint density at radius 2 is 1.96 bits per heavy atom. The lowest BCUT2D eigenvalue weighted by atomic mass is 10.0. The first-order valence-electron chi connectivity index (χ1n) is 10.2. The van der Waals surface area contributed by atoms with E-state index in [1.807, 2.05) is 6.21 Å². The Bertz CT molecular complexity index is 996. The van der Waals surface area contributed by atoms with E-state index in [9.17, 15) is 0 Å². The molecule has 2 aromatic rings. The Morgan fingerprint density at radius 1 is 1.14 bits per heavy atom. The number of aromatic nitrogens is 1. The normalized spacial score (nSPS) is 17.5. The largest absolute Gasteiger partial charge is 0.362 e. The lowest BCUT2D eigenvalue weighted by Crippen LogP contribution is -2.36. The van der Waals surface area contributed by atoms with Crippen LogP contribution in [0.25, 0.3) is 23.9 Å². The molecule has 4 heteroatoms. The molecular weight excluding hydrogens is 344 g/mol. The summed E-state index contributed by atoms with van der Waals surface area (Å²) >= 11 is 0. The molecule has 148 valence electrons. The number of hydrogen-bond donors (Lipinski definition) is 2. The van der Waals surface area contributed by atoms with E-state index in [2.05, 4.69) is 59.4 Å². The van der Waals surface area contributed by atoms with Crippen LogP contribution < -0.4 is 21.7 Å². The summed E-state index contributed by atoms with van der Waals surface area (Å²) in [5.74, 6) is 0. The van der Waals surface area contributed by atoms with Crippen LogP contribution in [0.2, 0.25) is 0 Å². The maximum absolute atomic E-state index is 5.54. The molecule has 0 spiro atoms. The van der Waals surface area contributed by atoms with E-state index in [1.165, 1.54) is 17.4 Å². The van der Waals surface area contributed by atoms with Crippen LogP contribution in [0.1, 0.15) is 50.1 Å². The average molecular weight is 377 g/mol. The molecule has 3 N–H and O–H groups in total. The number of aliphatic imine (C=N–C) groups is 1. The van der Waals surface area contributed by atoms with Crippen molar-refractivity contribution >= 4 is 30.1 Å². The Hall–Kier alpha value is -2.59. The number of nitrogens with two attached hydrogens (primary N) is 1. The van der Waals surface area contributed by atoms with Crippen molar-refractivity contribution in [2.75, 3.05) is 6.54 Å². The van der Waals surface area contributed by atoms with Crippen LogP contribution >= 0.6 is 0 Å². The first-order chi connectivity index (χ1) is 13.5. The highest BCUT2D eigenvalue weighted by Gasteiger charge is 2.23. The number of benzene rings is 1. The average Bonchev–Trinajstić information content (AvgIpc) is 2.93. The minimum Gasteiger partial charge on any atom is -0.362 e. The first-order valence-corrected chi connectivity index (χ1v) is 10.2. The number of nitrogens with zero attached hydrogens (tertiary/aromatic N) is 2. The van der Waals surface area contributed by atoms with Gasteiger partial charge in [-0.15, -0.1) is 0 Å². The van der Waals surface area contributed by atoms with E-state index in [0.717, 1.165) is 66.1 Å². The summed E-state index contributed by atoms with van der Waals surface area (Å²) in [6.07, 6.45) is 8.34. The number of unbranched alkanes of at least 4 members (excludes halogenated alkanes) is 3. The highest BCUT2D eigenvalue weighted by atomic mass is 15.1. The Labute approximate surface area is 167 Å². The molecule has 1 unspecified atom stereocenters. The van der Waals surface area contributed by atoms with Crippen molar-refractivity contribution in [3.8, 4) is 0 Å². The predicted octanol–water partition coefficient (Wildman–Crippen LogP) is 3.50. The summed E-state index contributed by atoms with van der Waals surface area (Å²) in [7, 11) is 0. The summed E-state index contributed by atoms with van der Waals surface area (Å²) in [5, 5.41) is 7.62. The molecule has 3 rings (SSSR count). The lowest BCUT2D eigenvalue weighted by molar-refractivity contribution is 0.458. The molecule has 4 nitrogen and oxygen atoms in total. The van der Waals surface area contributed by atoms with Crippen LogP contribution in [-0.4, -0.2) is 17.3 Å². The van der Waals surface area contributed by atoms with Crippen LogP contribution in [0.4, 0.5) is 0 Å². The quantitative estimate of drug-likeness (QED) is 0.547. The van der Waals surface area contributed by atoms with Crippen LogP contribution in [0, 0.1) is 0 Å². The van der Waals surface area contributed by atoms with E-state index in [1.54, 1.807) is 0 Å². The van der Waals surface area contributed by atoms with Gasteiger partial charge in [-0.25, -0.2) is 0 Å². The van der Waals surface area contributed by atoms with Crippen LogP contribution in [-0.2, 0) is 6.54 Å².